The van der Waals surface area contributed by atoms with Crippen LogP contribution in [0.3, 0.4) is 0 Å². The van der Waals surface area contributed by atoms with Crippen LogP contribution in [0.25, 0.3) is 10.9 Å². The van der Waals surface area contributed by atoms with Crippen molar-refractivity contribution in [2.24, 2.45) is 0 Å². The van der Waals surface area contributed by atoms with Crippen LogP contribution in [-0.4, -0.2) is 104 Å². The third kappa shape index (κ3) is 5.55. The predicted molar refractivity (Wildman–Crippen MR) is 156 cm³/mol. The van der Waals surface area contributed by atoms with Gasteiger partial charge in [0.1, 0.15) is 11.9 Å². The Labute approximate surface area is 236 Å². The predicted octanol–water partition coefficient (Wildman–Crippen LogP) is 2.85. The van der Waals surface area contributed by atoms with Crippen LogP contribution in [0.15, 0.2) is 36.5 Å². The highest BCUT2D eigenvalue weighted by Crippen LogP contribution is 2.30. The van der Waals surface area contributed by atoms with Crippen molar-refractivity contribution in [2.45, 2.75) is 38.6 Å². The van der Waals surface area contributed by atoms with Crippen LogP contribution in [0.5, 0.6) is 0 Å². The van der Waals surface area contributed by atoms with Gasteiger partial charge in [-0.15, -0.1) is 0 Å². The molecule has 0 N–H and O–H groups in total. The number of hydrogen-bond donors (Lipinski definition) is 0. The summed E-state index contributed by atoms with van der Waals surface area (Å²) in [5.41, 5.74) is 3.50. The summed E-state index contributed by atoms with van der Waals surface area (Å²) in [5, 5.41) is 10.6. The molecular weight excluding hydrogens is 504 g/mol. The largest absolute Gasteiger partial charge is 0.380 e. The van der Waals surface area contributed by atoms with Crippen LogP contribution in [0.4, 0.5) is 17.5 Å². The van der Waals surface area contributed by atoms with Gasteiger partial charge < -0.3 is 24.2 Å². The van der Waals surface area contributed by atoms with Crippen LogP contribution < -0.4 is 14.7 Å². The molecule has 0 amide bonds. The molecule has 3 saturated heterocycles. The molecule has 3 fully saturated rings. The molecule has 6 rings (SSSR count). The number of ether oxygens (including phenoxy) is 2. The van der Waals surface area contributed by atoms with Crippen LogP contribution in [0.2, 0.25) is 0 Å². The number of methoxy groups -OCH3 is 1. The second-order valence-electron chi connectivity index (χ2n) is 11.2. The lowest BCUT2D eigenvalue weighted by Crippen LogP contribution is -2.54. The minimum atomic E-state index is 0.106. The van der Waals surface area contributed by atoms with Crippen LogP contribution >= 0.6 is 0 Å². The minimum Gasteiger partial charge on any atom is -0.380 e. The van der Waals surface area contributed by atoms with E-state index in [9.17, 15) is 5.26 Å². The van der Waals surface area contributed by atoms with E-state index in [0.29, 0.717) is 5.56 Å². The minimum absolute atomic E-state index is 0.106. The number of nitrogens with zero attached hydrogens (tertiary/aromatic N) is 8. The molecular formula is C30H38N8O2. The molecule has 0 aliphatic carbocycles. The highest BCUT2D eigenvalue weighted by atomic mass is 16.5. The summed E-state index contributed by atoms with van der Waals surface area (Å²) in [5.74, 6) is 1.82. The van der Waals surface area contributed by atoms with E-state index in [1.807, 2.05) is 12.1 Å². The van der Waals surface area contributed by atoms with E-state index in [4.69, 9.17) is 19.4 Å². The van der Waals surface area contributed by atoms with Crippen LogP contribution in [0, 0.1) is 18.3 Å². The van der Waals surface area contributed by atoms with Crippen molar-refractivity contribution in [3.05, 3.63) is 47.8 Å². The number of anilines is 3. The van der Waals surface area contributed by atoms with E-state index in [1.54, 1.807) is 13.3 Å². The Morgan fingerprint density at radius 1 is 1.02 bits per heavy atom. The van der Waals surface area contributed by atoms with Gasteiger partial charge in [0, 0.05) is 95.0 Å². The average molecular weight is 543 g/mol. The maximum absolute atomic E-state index is 9.54. The molecule has 0 spiro atoms. The Hall–Kier alpha value is -3.52. The molecule has 0 radical (unpaired) electrons. The van der Waals surface area contributed by atoms with E-state index < -0.39 is 0 Å². The number of nitriles is 1. The van der Waals surface area contributed by atoms with Gasteiger partial charge >= 0.3 is 0 Å². The molecule has 10 heteroatoms. The van der Waals surface area contributed by atoms with Gasteiger partial charge in [0.05, 0.1) is 29.4 Å². The zero-order valence-electron chi connectivity index (χ0n) is 23.7. The average Bonchev–Trinajstić information content (AvgIpc) is 3.46. The first-order valence-corrected chi connectivity index (χ1v) is 14.3. The number of aromatic nitrogens is 3. The van der Waals surface area contributed by atoms with Gasteiger partial charge in [-0.1, -0.05) is 0 Å². The van der Waals surface area contributed by atoms with Gasteiger partial charge in [-0.2, -0.15) is 10.2 Å². The highest BCUT2D eigenvalue weighted by Gasteiger charge is 2.30. The molecule has 0 unspecified atom stereocenters. The van der Waals surface area contributed by atoms with Crippen LogP contribution in [0.1, 0.15) is 24.6 Å². The Bertz CT molecular complexity index is 1390. The molecule has 0 saturated carbocycles. The smallest absolute Gasteiger partial charge is 0.227 e. The van der Waals surface area contributed by atoms with Gasteiger partial charge in [0.15, 0.2) is 0 Å². The van der Waals surface area contributed by atoms with Crippen molar-refractivity contribution >= 4 is 28.4 Å². The Kier molecular flexibility index (Phi) is 7.69. The molecule has 5 heterocycles. The summed E-state index contributed by atoms with van der Waals surface area (Å²) in [7, 11) is 1.78. The number of aryl methyl sites for hydroxylation is 1. The first kappa shape index (κ1) is 26.7. The molecule has 3 aliphatic rings. The number of morpholine rings is 1. The van der Waals surface area contributed by atoms with Gasteiger partial charge in [0.2, 0.25) is 5.95 Å². The third-order valence-corrected chi connectivity index (χ3v) is 8.28. The maximum atomic E-state index is 9.54. The number of fused-ring (bicyclic) bond motifs is 1. The van der Waals surface area contributed by atoms with E-state index in [0.717, 1.165) is 99.4 Å². The number of piperazine rings is 1. The van der Waals surface area contributed by atoms with E-state index in [-0.39, 0.29) is 18.3 Å². The Morgan fingerprint density at radius 3 is 2.65 bits per heavy atom. The standard InChI is InChI=1S/C30H38N8O2/c1-21-15-28(34-30(33-21)37-10-8-24(19-37)39-3)36-13-11-35(12-14-36)18-25-20-38(17-22(2)40-25)27-7-6-23(16-31)29-26(27)5-4-9-32-29/h4-7,9,15,22,24-25H,8,10-14,17-20H2,1-3H3/t22-,24-,25+/m1/s1. The molecule has 1 aromatic carbocycles. The van der Waals surface area contributed by atoms with Gasteiger partial charge in [-0.25, -0.2) is 4.98 Å². The number of rotatable bonds is 6. The zero-order valence-corrected chi connectivity index (χ0v) is 23.7. The molecule has 3 aromatic rings. The molecule has 2 aromatic heterocycles. The van der Waals surface area contributed by atoms with Crippen molar-refractivity contribution in [3.63, 3.8) is 0 Å². The summed E-state index contributed by atoms with van der Waals surface area (Å²) in [4.78, 5) is 23.7. The fourth-order valence-corrected chi connectivity index (χ4v) is 6.26. The van der Waals surface area contributed by atoms with Gasteiger partial charge in [-0.05, 0) is 44.5 Å². The molecule has 10 nitrogen and oxygen atoms in total. The summed E-state index contributed by atoms with van der Waals surface area (Å²) >= 11 is 0. The first-order valence-electron chi connectivity index (χ1n) is 14.3. The number of hydrogen-bond acceptors (Lipinski definition) is 10. The normalized spacial score (nSPS) is 24.1. The SMILES string of the molecule is CO[C@@H]1CCN(c2nc(C)cc(N3CCN(C[C@H]4CN(c5ccc(C#N)c6ncccc56)C[C@@H](C)O4)CC3)n2)C1. The van der Waals surface area contributed by atoms with Crippen molar-refractivity contribution in [1.29, 1.82) is 5.26 Å². The molecule has 40 heavy (non-hydrogen) atoms. The topological polar surface area (TPSA) is 93.9 Å². The van der Waals surface area contributed by atoms with E-state index in [2.05, 4.69) is 62.7 Å². The fraction of sp³-hybridized carbons (Fsp3) is 0.533. The quantitative estimate of drug-likeness (QED) is 0.463. The lowest BCUT2D eigenvalue weighted by atomic mass is 10.1. The fourth-order valence-electron chi connectivity index (χ4n) is 6.26. The van der Waals surface area contributed by atoms with Gasteiger partial charge in [-0.3, -0.25) is 9.88 Å². The van der Waals surface area contributed by atoms with Crippen molar-refractivity contribution in [1.82, 2.24) is 19.9 Å². The van der Waals surface area contributed by atoms with Crippen molar-refractivity contribution in [2.75, 3.05) is 80.7 Å². The van der Waals surface area contributed by atoms with E-state index >= 15 is 0 Å². The summed E-state index contributed by atoms with van der Waals surface area (Å²) < 4.78 is 12.0. The molecule has 0 bridgehead atoms. The highest BCUT2D eigenvalue weighted by molar-refractivity contribution is 5.95. The van der Waals surface area contributed by atoms with Crippen molar-refractivity contribution < 1.29 is 9.47 Å². The number of pyridine rings is 1. The summed E-state index contributed by atoms with van der Waals surface area (Å²) in [6.45, 7) is 12.3. The van der Waals surface area contributed by atoms with Crippen LogP contribution in [-0.2, 0) is 9.47 Å². The van der Waals surface area contributed by atoms with Crippen molar-refractivity contribution in [3.8, 4) is 6.07 Å². The summed E-state index contributed by atoms with van der Waals surface area (Å²) in [6.07, 6.45) is 3.25. The van der Waals surface area contributed by atoms with Gasteiger partial charge in [0.25, 0.3) is 0 Å². The molecule has 3 atom stereocenters. The maximum Gasteiger partial charge on any atom is 0.227 e. The molecule has 3 aliphatic heterocycles. The third-order valence-electron chi connectivity index (χ3n) is 8.28. The second-order valence-corrected chi connectivity index (χ2v) is 11.2. The lowest BCUT2D eigenvalue weighted by Gasteiger charge is -2.42. The lowest BCUT2D eigenvalue weighted by molar-refractivity contribution is -0.0327. The first-order chi connectivity index (χ1) is 19.5. The Balaban J connectivity index is 1.09. The zero-order chi connectivity index (χ0) is 27.6. The second kappa shape index (κ2) is 11.5. The monoisotopic (exact) mass is 542 g/mol. The van der Waals surface area contributed by atoms with E-state index in [1.165, 1.54) is 0 Å². The Morgan fingerprint density at radius 2 is 1.88 bits per heavy atom. The summed E-state index contributed by atoms with van der Waals surface area (Å²) in [6, 6.07) is 12.3. The number of benzene rings is 1. The molecule has 210 valence electrons.